The molecule has 1 fully saturated rings. The first kappa shape index (κ1) is 7.89. The summed E-state index contributed by atoms with van der Waals surface area (Å²) in [6.45, 7) is 3.61. The quantitative estimate of drug-likeness (QED) is 0.541. The fourth-order valence-corrected chi connectivity index (χ4v) is 1.64. The van der Waals surface area contributed by atoms with Gasteiger partial charge in [0.25, 0.3) is 0 Å². The number of nitrogens with two attached hydrogens (primary N) is 1. The van der Waals surface area contributed by atoms with Gasteiger partial charge in [0.05, 0.1) is 11.8 Å². The normalized spacial score (nSPS) is 38.2. The van der Waals surface area contributed by atoms with Crippen molar-refractivity contribution in [3.8, 4) is 0 Å². The van der Waals surface area contributed by atoms with E-state index < -0.39 is 11.9 Å². The lowest BCUT2D eigenvalue weighted by molar-refractivity contribution is -0.150. The number of ether oxygens (including phenoxy) is 2. The molecule has 0 aromatic heterocycles. The van der Waals surface area contributed by atoms with Crippen molar-refractivity contribution in [2.45, 2.75) is 38.3 Å². The molecular weight excluding hydrogens is 158 g/mol. The third-order valence-electron chi connectivity index (χ3n) is 2.12. The van der Waals surface area contributed by atoms with E-state index in [9.17, 15) is 5.11 Å². The van der Waals surface area contributed by atoms with Gasteiger partial charge in [0.1, 0.15) is 6.10 Å². The summed E-state index contributed by atoms with van der Waals surface area (Å²) < 4.78 is 10.9. The summed E-state index contributed by atoms with van der Waals surface area (Å²) in [7, 11) is 0. The van der Waals surface area contributed by atoms with Crippen molar-refractivity contribution in [1.82, 2.24) is 0 Å². The summed E-state index contributed by atoms with van der Waals surface area (Å²) in [5.74, 6) is -0.0287. The first-order valence-electron chi connectivity index (χ1n) is 4.03. The molecule has 0 spiro atoms. The van der Waals surface area contributed by atoms with E-state index in [1.54, 1.807) is 13.8 Å². The molecule has 12 heavy (non-hydrogen) atoms. The number of hydrogen-bond donors (Lipinski definition) is 2. The van der Waals surface area contributed by atoms with Gasteiger partial charge in [0, 0.05) is 20.3 Å². The highest BCUT2D eigenvalue weighted by molar-refractivity contribution is 5.22. The van der Waals surface area contributed by atoms with Crippen molar-refractivity contribution in [3.63, 3.8) is 0 Å². The fraction of sp³-hybridized carbons (Fsp3) is 0.750. The van der Waals surface area contributed by atoms with Crippen molar-refractivity contribution in [2.75, 3.05) is 0 Å². The summed E-state index contributed by atoms with van der Waals surface area (Å²) in [6, 6.07) is 0. The molecule has 2 aliphatic rings. The largest absolute Gasteiger partial charge is 0.463 e. The smallest absolute Gasteiger partial charge is 0.205 e. The lowest BCUT2D eigenvalue weighted by Gasteiger charge is -2.18. The Balaban J connectivity index is 2.28. The summed E-state index contributed by atoms with van der Waals surface area (Å²) in [5, 5.41) is 9.48. The highest BCUT2D eigenvalue weighted by Crippen LogP contribution is 2.39. The first-order valence-corrected chi connectivity index (χ1v) is 4.03. The number of fused-ring (bicyclic) bond motifs is 1. The number of rotatable bonds is 0. The van der Waals surface area contributed by atoms with Gasteiger partial charge in [0.15, 0.2) is 5.76 Å². The Kier molecular flexibility index (Phi) is 1.41. The maximum absolute atomic E-state index is 9.48. The highest BCUT2D eigenvalue weighted by Gasteiger charge is 2.47. The van der Waals surface area contributed by atoms with E-state index in [0.29, 0.717) is 17.9 Å². The van der Waals surface area contributed by atoms with Crippen molar-refractivity contribution >= 4 is 0 Å². The molecule has 1 heterocycles. The van der Waals surface area contributed by atoms with Crippen LogP contribution in [-0.4, -0.2) is 23.1 Å². The second kappa shape index (κ2) is 2.14. The highest BCUT2D eigenvalue weighted by atomic mass is 16.8. The van der Waals surface area contributed by atoms with Crippen molar-refractivity contribution in [2.24, 2.45) is 5.73 Å². The molecule has 0 amide bonds. The summed E-state index contributed by atoms with van der Waals surface area (Å²) >= 11 is 0. The third kappa shape index (κ3) is 0.990. The van der Waals surface area contributed by atoms with Crippen LogP contribution in [-0.2, 0) is 9.47 Å². The Hall–Kier alpha value is -0.740. The Morgan fingerprint density at radius 2 is 2.25 bits per heavy atom. The Labute approximate surface area is 71.0 Å². The van der Waals surface area contributed by atoms with E-state index >= 15 is 0 Å². The van der Waals surface area contributed by atoms with Gasteiger partial charge in [-0.1, -0.05) is 0 Å². The first-order chi connectivity index (χ1) is 5.49. The van der Waals surface area contributed by atoms with Crippen LogP contribution in [0.1, 0.15) is 20.3 Å². The van der Waals surface area contributed by atoms with Gasteiger partial charge in [0.2, 0.25) is 5.79 Å². The van der Waals surface area contributed by atoms with E-state index in [-0.39, 0.29) is 6.10 Å². The van der Waals surface area contributed by atoms with Crippen LogP contribution in [0.4, 0.5) is 0 Å². The molecule has 0 aromatic rings. The van der Waals surface area contributed by atoms with Crippen molar-refractivity contribution in [3.05, 3.63) is 11.5 Å². The molecule has 1 aliphatic carbocycles. The molecule has 4 heteroatoms. The average molecular weight is 171 g/mol. The zero-order valence-corrected chi connectivity index (χ0v) is 7.20. The lowest BCUT2D eigenvalue weighted by atomic mass is 10.2. The average Bonchev–Trinajstić information content (AvgIpc) is 2.34. The molecular formula is C8H13NO3. The second-order valence-electron chi connectivity index (χ2n) is 3.70. The summed E-state index contributed by atoms with van der Waals surface area (Å²) in [4.78, 5) is 0. The molecule has 0 aromatic carbocycles. The lowest BCUT2D eigenvalue weighted by Crippen LogP contribution is -2.28. The zero-order valence-electron chi connectivity index (χ0n) is 7.20. The van der Waals surface area contributed by atoms with Gasteiger partial charge in [-0.15, -0.1) is 0 Å². The van der Waals surface area contributed by atoms with E-state index in [0.717, 1.165) is 0 Å². The molecule has 0 bridgehead atoms. The second-order valence-corrected chi connectivity index (χ2v) is 3.70. The number of aliphatic hydroxyl groups is 1. The predicted octanol–water partition coefficient (Wildman–Crippen LogP) is 0.0728. The standard InChI is InChI=1S/C8H13NO3/c1-8(2)11-6-4(9)3-5(10)7(6)12-8/h5,7,10H,3,9H2,1-2H3/t5-,7+/m0/s1. The molecule has 0 saturated carbocycles. The van der Waals surface area contributed by atoms with E-state index in [1.807, 2.05) is 0 Å². The van der Waals surface area contributed by atoms with Crippen LogP contribution < -0.4 is 5.73 Å². The Bertz CT molecular complexity index is 247. The topological polar surface area (TPSA) is 64.7 Å². The van der Waals surface area contributed by atoms with Crippen LogP contribution in [0, 0.1) is 0 Å². The van der Waals surface area contributed by atoms with Crippen LogP contribution in [0.2, 0.25) is 0 Å². The van der Waals surface area contributed by atoms with Crippen LogP contribution in [0.15, 0.2) is 11.5 Å². The van der Waals surface area contributed by atoms with Crippen LogP contribution in [0.3, 0.4) is 0 Å². The SMILES string of the molecule is CC1(C)OC2=C(N)C[C@H](O)[C@H]2O1. The fourth-order valence-electron chi connectivity index (χ4n) is 1.64. The van der Waals surface area contributed by atoms with Crippen molar-refractivity contribution in [1.29, 1.82) is 0 Å². The third-order valence-corrected chi connectivity index (χ3v) is 2.12. The molecule has 1 saturated heterocycles. The Morgan fingerprint density at radius 3 is 2.83 bits per heavy atom. The monoisotopic (exact) mass is 171 g/mol. The minimum atomic E-state index is -0.647. The molecule has 4 nitrogen and oxygen atoms in total. The van der Waals surface area contributed by atoms with E-state index in [1.165, 1.54) is 0 Å². The van der Waals surface area contributed by atoms with Gasteiger partial charge < -0.3 is 20.3 Å². The van der Waals surface area contributed by atoms with Gasteiger partial charge in [-0.3, -0.25) is 0 Å². The van der Waals surface area contributed by atoms with Gasteiger partial charge in [-0.25, -0.2) is 0 Å². The Morgan fingerprint density at radius 1 is 1.58 bits per heavy atom. The molecule has 3 N–H and O–H groups in total. The van der Waals surface area contributed by atoms with E-state index in [4.69, 9.17) is 15.2 Å². The summed E-state index contributed by atoms with van der Waals surface area (Å²) in [5.41, 5.74) is 6.26. The maximum Gasteiger partial charge on any atom is 0.205 e. The molecule has 0 unspecified atom stereocenters. The molecule has 1 aliphatic heterocycles. The molecule has 2 atom stereocenters. The predicted molar refractivity (Wildman–Crippen MR) is 41.9 cm³/mol. The van der Waals surface area contributed by atoms with Crippen molar-refractivity contribution < 1.29 is 14.6 Å². The van der Waals surface area contributed by atoms with Crippen LogP contribution in [0.5, 0.6) is 0 Å². The van der Waals surface area contributed by atoms with Crippen LogP contribution in [0.25, 0.3) is 0 Å². The van der Waals surface area contributed by atoms with Gasteiger partial charge >= 0.3 is 0 Å². The maximum atomic E-state index is 9.48. The molecule has 68 valence electrons. The minimum absolute atomic E-state index is 0.347. The zero-order chi connectivity index (χ0) is 8.93. The number of hydrogen-bond acceptors (Lipinski definition) is 4. The molecule has 0 radical (unpaired) electrons. The van der Waals surface area contributed by atoms with Crippen LogP contribution >= 0.6 is 0 Å². The molecule has 2 rings (SSSR count). The van der Waals surface area contributed by atoms with Gasteiger partial charge in [-0.2, -0.15) is 0 Å². The van der Waals surface area contributed by atoms with Gasteiger partial charge in [-0.05, 0) is 0 Å². The minimum Gasteiger partial charge on any atom is -0.463 e. The van der Waals surface area contributed by atoms with E-state index in [2.05, 4.69) is 0 Å². The number of aliphatic hydroxyl groups excluding tert-OH is 1. The summed E-state index contributed by atoms with van der Waals surface area (Å²) in [6.07, 6.45) is -0.433.